The van der Waals surface area contributed by atoms with Gasteiger partial charge in [0.25, 0.3) is 5.91 Å². The van der Waals surface area contributed by atoms with Gasteiger partial charge in [-0.25, -0.2) is 0 Å². The summed E-state index contributed by atoms with van der Waals surface area (Å²) in [5.74, 6) is 0.546. The fourth-order valence-electron chi connectivity index (χ4n) is 3.07. The molecule has 0 aliphatic heterocycles. The second-order valence-corrected chi connectivity index (χ2v) is 6.70. The van der Waals surface area contributed by atoms with E-state index in [0.717, 1.165) is 17.5 Å². The average molecular weight is 384 g/mol. The zero-order valence-electron chi connectivity index (χ0n) is 16.3. The Morgan fingerprint density at radius 2 is 1.45 bits per heavy atom. The van der Waals surface area contributed by atoms with Gasteiger partial charge < -0.3 is 9.64 Å². The van der Waals surface area contributed by atoms with E-state index in [1.54, 1.807) is 4.90 Å². The third-order valence-electron chi connectivity index (χ3n) is 4.68. The number of ether oxygens (including phenoxy) is 1. The first-order valence-electron chi connectivity index (χ1n) is 9.73. The molecule has 0 radical (unpaired) electrons. The minimum Gasteiger partial charge on any atom is -0.484 e. The number of nitriles is 1. The molecule has 29 heavy (non-hydrogen) atoms. The molecule has 0 unspecified atom stereocenters. The quantitative estimate of drug-likeness (QED) is 0.536. The number of carbonyl (C=O) groups excluding carboxylic acids is 1. The van der Waals surface area contributed by atoms with Crippen LogP contribution in [-0.2, 0) is 11.2 Å². The lowest BCUT2D eigenvalue weighted by molar-refractivity contribution is -0.133. The Morgan fingerprint density at radius 1 is 0.828 bits per heavy atom. The number of hydrogen-bond acceptors (Lipinski definition) is 3. The van der Waals surface area contributed by atoms with Gasteiger partial charge in [-0.2, -0.15) is 5.26 Å². The Balaban J connectivity index is 1.55. The number of benzene rings is 3. The van der Waals surface area contributed by atoms with Crippen LogP contribution in [0.25, 0.3) is 11.1 Å². The number of nitrogens with zero attached hydrogens (tertiary/aromatic N) is 2. The SMILES string of the molecule is N#CCCN(CCc1ccccc1)C(=O)COc1ccc(-c2ccccc2)cc1. The predicted octanol–water partition coefficient (Wildman–Crippen LogP) is 4.72. The predicted molar refractivity (Wildman–Crippen MR) is 114 cm³/mol. The van der Waals surface area contributed by atoms with Crippen molar-refractivity contribution in [1.29, 1.82) is 5.26 Å². The molecule has 3 aromatic carbocycles. The highest BCUT2D eigenvalue weighted by Crippen LogP contribution is 2.22. The van der Waals surface area contributed by atoms with E-state index in [0.29, 0.717) is 25.3 Å². The van der Waals surface area contributed by atoms with Crippen molar-refractivity contribution in [3.63, 3.8) is 0 Å². The third kappa shape index (κ3) is 6.22. The summed E-state index contributed by atoms with van der Waals surface area (Å²) in [6.45, 7) is 0.949. The Morgan fingerprint density at radius 3 is 2.10 bits per heavy atom. The van der Waals surface area contributed by atoms with Crippen molar-refractivity contribution >= 4 is 5.91 Å². The lowest BCUT2D eigenvalue weighted by Gasteiger charge is -2.22. The highest BCUT2D eigenvalue weighted by Gasteiger charge is 2.14. The van der Waals surface area contributed by atoms with Crippen molar-refractivity contribution in [2.24, 2.45) is 0 Å². The summed E-state index contributed by atoms with van der Waals surface area (Å²) in [5.41, 5.74) is 3.40. The van der Waals surface area contributed by atoms with E-state index in [1.807, 2.05) is 72.8 Å². The van der Waals surface area contributed by atoms with Crippen LogP contribution < -0.4 is 4.74 Å². The van der Waals surface area contributed by atoms with Crippen molar-refractivity contribution < 1.29 is 9.53 Å². The maximum absolute atomic E-state index is 12.6. The number of amides is 1. The molecule has 0 N–H and O–H groups in total. The minimum absolute atomic E-state index is 0.0368. The summed E-state index contributed by atoms with van der Waals surface area (Å²) in [5, 5.41) is 8.89. The van der Waals surface area contributed by atoms with Crippen molar-refractivity contribution in [2.75, 3.05) is 19.7 Å². The van der Waals surface area contributed by atoms with Crippen LogP contribution in [0.4, 0.5) is 0 Å². The number of hydrogen-bond donors (Lipinski definition) is 0. The van der Waals surface area contributed by atoms with Crippen molar-refractivity contribution in [3.05, 3.63) is 90.5 Å². The lowest BCUT2D eigenvalue weighted by atomic mass is 10.1. The van der Waals surface area contributed by atoms with Gasteiger partial charge in [0, 0.05) is 13.1 Å². The molecule has 0 bridgehead atoms. The van der Waals surface area contributed by atoms with E-state index in [-0.39, 0.29) is 12.5 Å². The summed E-state index contributed by atoms with van der Waals surface area (Å²) in [4.78, 5) is 14.3. The molecule has 3 rings (SSSR count). The Kier molecular flexibility index (Phi) is 7.42. The fourth-order valence-corrected chi connectivity index (χ4v) is 3.07. The summed E-state index contributed by atoms with van der Waals surface area (Å²) in [6, 6.07) is 30.0. The first-order valence-corrected chi connectivity index (χ1v) is 9.73. The normalized spacial score (nSPS) is 10.2. The largest absolute Gasteiger partial charge is 0.484 e. The molecule has 0 heterocycles. The van der Waals surface area contributed by atoms with Crippen molar-refractivity contribution in [1.82, 2.24) is 4.90 Å². The van der Waals surface area contributed by atoms with Gasteiger partial charge in [-0.15, -0.1) is 0 Å². The zero-order chi connectivity index (χ0) is 20.3. The number of carbonyl (C=O) groups is 1. The van der Waals surface area contributed by atoms with Crippen LogP contribution in [0, 0.1) is 11.3 Å². The van der Waals surface area contributed by atoms with Crippen LogP contribution in [0.1, 0.15) is 12.0 Å². The van der Waals surface area contributed by atoms with E-state index in [1.165, 1.54) is 5.56 Å². The second kappa shape index (κ2) is 10.7. The Bertz CT molecular complexity index is 932. The van der Waals surface area contributed by atoms with Gasteiger partial charge in [0.15, 0.2) is 6.61 Å². The smallest absolute Gasteiger partial charge is 0.260 e. The van der Waals surface area contributed by atoms with Gasteiger partial charge >= 0.3 is 0 Å². The minimum atomic E-state index is -0.108. The van der Waals surface area contributed by atoms with Crippen LogP contribution in [0.5, 0.6) is 5.75 Å². The monoisotopic (exact) mass is 384 g/mol. The molecule has 0 saturated carbocycles. The maximum atomic E-state index is 12.6. The van der Waals surface area contributed by atoms with Crippen LogP contribution >= 0.6 is 0 Å². The van der Waals surface area contributed by atoms with Gasteiger partial charge in [0.2, 0.25) is 0 Å². The second-order valence-electron chi connectivity index (χ2n) is 6.70. The molecule has 4 heteroatoms. The van der Waals surface area contributed by atoms with Gasteiger partial charge in [-0.1, -0.05) is 72.8 Å². The third-order valence-corrected chi connectivity index (χ3v) is 4.68. The summed E-state index contributed by atoms with van der Waals surface area (Å²) < 4.78 is 5.70. The van der Waals surface area contributed by atoms with E-state index in [9.17, 15) is 4.79 Å². The molecular weight excluding hydrogens is 360 g/mol. The zero-order valence-corrected chi connectivity index (χ0v) is 16.3. The van der Waals surface area contributed by atoms with Crippen LogP contribution in [-0.4, -0.2) is 30.5 Å². The summed E-state index contributed by atoms with van der Waals surface area (Å²) in [6.07, 6.45) is 1.07. The molecule has 0 aliphatic carbocycles. The topological polar surface area (TPSA) is 53.3 Å². The van der Waals surface area contributed by atoms with Gasteiger partial charge in [-0.3, -0.25) is 4.79 Å². The van der Waals surface area contributed by atoms with Gasteiger partial charge in [0.05, 0.1) is 12.5 Å². The molecule has 0 saturated heterocycles. The summed E-state index contributed by atoms with van der Waals surface area (Å²) >= 11 is 0. The van der Waals surface area contributed by atoms with Crippen LogP contribution in [0.2, 0.25) is 0 Å². The van der Waals surface area contributed by atoms with Crippen LogP contribution in [0.15, 0.2) is 84.9 Å². The molecule has 0 fully saturated rings. The van der Waals surface area contributed by atoms with Gasteiger partial charge in [0.1, 0.15) is 5.75 Å². The molecule has 0 aromatic heterocycles. The molecule has 0 aliphatic rings. The fraction of sp³-hybridized carbons (Fsp3) is 0.200. The van der Waals surface area contributed by atoms with Crippen LogP contribution in [0.3, 0.4) is 0 Å². The maximum Gasteiger partial charge on any atom is 0.260 e. The molecular formula is C25H24N2O2. The van der Waals surface area contributed by atoms with E-state index >= 15 is 0 Å². The Labute approximate surface area is 172 Å². The van der Waals surface area contributed by atoms with Crippen molar-refractivity contribution in [3.8, 4) is 22.9 Å². The summed E-state index contributed by atoms with van der Waals surface area (Å²) in [7, 11) is 0. The molecule has 146 valence electrons. The van der Waals surface area contributed by atoms with E-state index < -0.39 is 0 Å². The number of rotatable bonds is 9. The molecule has 0 atom stereocenters. The first kappa shape index (κ1) is 20.2. The van der Waals surface area contributed by atoms with Crippen molar-refractivity contribution in [2.45, 2.75) is 12.8 Å². The standard InChI is InChI=1S/C25H24N2O2/c26-17-7-18-27(19-16-21-8-3-1-4-9-21)25(28)20-29-24-14-12-23(13-15-24)22-10-5-2-6-11-22/h1-6,8-15H,7,16,18-20H2. The Hall–Kier alpha value is -3.58. The molecule has 4 nitrogen and oxygen atoms in total. The van der Waals surface area contributed by atoms with E-state index in [4.69, 9.17) is 10.00 Å². The molecule has 1 amide bonds. The van der Waals surface area contributed by atoms with Gasteiger partial charge in [-0.05, 0) is 35.2 Å². The lowest BCUT2D eigenvalue weighted by Crippen LogP contribution is -2.37. The highest BCUT2D eigenvalue weighted by atomic mass is 16.5. The first-order chi connectivity index (χ1) is 14.3. The van der Waals surface area contributed by atoms with E-state index in [2.05, 4.69) is 18.2 Å². The molecule has 0 spiro atoms. The molecule has 3 aromatic rings. The highest BCUT2D eigenvalue weighted by molar-refractivity contribution is 5.77. The average Bonchev–Trinajstić information content (AvgIpc) is 2.79.